The van der Waals surface area contributed by atoms with Crippen molar-refractivity contribution in [2.45, 2.75) is 44.1 Å². The number of likely N-dealkylation sites (N-methyl/N-ethyl adjacent to an activating group) is 1. The molecule has 0 spiro atoms. The molecular weight excluding hydrogens is 588 g/mol. The molecule has 6 rings (SSSR count). The Hall–Kier alpha value is -4.01. The van der Waals surface area contributed by atoms with Crippen molar-refractivity contribution in [1.82, 2.24) is 19.8 Å². The molecule has 230 valence electrons. The monoisotopic (exact) mass is 621 g/mol. The minimum atomic E-state index is -1.04. The average molecular weight is 622 g/mol. The molecule has 1 aromatic heterocycles. The van der Waals surface area contributed by atoms with Gasteiger partial charge in [0, 0.05) is 55.4 Å². The summed E-state index contributed by atoms with van der Waals surface area (Å²) >= 11 is 6.66. The van der Waals surface area contributed by atoms with Gasteiger partial charge in [0.25, 0.3) is 5.91 Å². The topological polar surface area (TPSA) is 88.8 Å². The second-order valence-corrected chi connectivity index (χ2v) is 12.1. The van der Waals surface area contributed by atoms with Crippen LogP contribution in [0.25, 0.3) is 10.8 Å². The zero-order valence-corrected chi connectivity index (χ0v) is 25.3. The van der Waals surface area contributed by atoms with E-state index in [1.807, 2.05) is 47.2 Å². The molecule has 44 heavy (non-hydrogen) atoms. The van der Waals surface area contributed by atoms with Crippen molar-refractivity contribution in [2.75, 3.05) is 56.2 Å². The molecule has 2 fully saturated rings. The van der Waals surface area contributed by atoms with Crippen LogP contribution in [-0.4, -0.2) is 90.3 Å². The number of rotatable bonds is 7. The highest BCUT2D eigenvalue weighted by Crippen LogP contribution is 2.37. The van der Waals surface area contributed by atoms with E-state index in [0.717, 1.165) is 27.7 Å². The lowest BCUT2D eigenvalue weighted by Crippen LogP contribution is -2.55. The molecule has 3 aliphatic heterocycles. The van der Waals surface area contributed by atoms with Gasteiger partial charge in [-0.1, -0.05) is 42.4 Å². The second kappa shape index (κ2) is 12.5. The van der Waals surface area contributed by atoms with Gasteiger partial charge in [-0.05, 0) is 37.4 Å². The number of carbonyl (C=O) groups is 1. The maximum atomic E-state index is 14.0. The molecule has 0 bridgehead atoms. The summed E-state index contributed by atoms with van der Waals surface area (Å²) in [5.41, 5.74) is 2.78. The lowest BCUT2D eigenvalue weighted by Gasteiger charge is -2.42. The molecule has 3 aliphatic rings. The first kappa shape index (κ1) is 30.0. The third kappa shape index (κ3) is 5.88. The number of halogens is 3. The van der Waals surface area contributed by atoms with Crippen LogP contribution < -0.4 is 14.5 Å². The second-order valence-electron chi connectivity index (χ2n) is 11.6. The molecule has 0 saturated carbocycles. The molecule has 1 unspecified atom stereocenters. The molecule has 1 amide bonds. The highest BCUT2D eigenvalue weighted by molar-refractivity contribution is 6.36. The van der Waals surface area contributed by atoms with Gasteiger partial charge < -0.3 is 19.4 Å². The number of piperazine rings is 1. The molecule has 0 N–H and O–H groups in total. The van der Waals surface area contributed by atoms with E-state index in [4.69, 9.17) is 26.3 Å². The minimum absolute atomic E-state index is 0.0418. The van der Waals surface area contributed by atoms with Crippen LogP contribution in [0.15, 0.2) is 48.8 Å². The molecule has 0 aliphatic carbocycles. The first-order chi connectivity index (χ1) is 21.2. The summed E-state index contributed by atoms with van der Waals surface area (Å²) in [6.07, 6.45) is 0.172. The maximum absolute atomic E-state index is 14.0. The highest BCUT2D eigenvalue weighted by atomic mass is 35.5. The number of anilines is 2. The molecule has 9 nitrogen and oxygen atoms in total. The van der Waals surface area contributed by atoms with E-state index in [1.165, 1.54) is 4.90 Å². The quantitative estimate of drug-likeness (QED) is 0.352. The van der Waals surface area contributed by atoms with Gasteiger partial charge in [0.05, 0.1) is 35.8 Å². The van der Waals surface area contributed by atoms with E-state index in [1.54, 1.807) is 0 Å². The van der Waals surface area contributed by atoms with Crippen LogP contribution in [0.5, 0.6) is 6.01 Å². The van der Waals surface area contributed by atoms with Crippen LogP contribution in [0.4, 0.5) is 20.3 Å². The predicted molar refractivity (Wildman–Crippen MR) is 165 cm³/mol. The molecule has 3 aromatic rings. The summed E-state index contributed by atoms with van der Waals surface area (Å²) in [5, 5.41) is 12.2. The Balaban J connectivity index is 1.34. The van der Waals surface area contributed by atoms with Crippen molar-refractivity contribution in [3.8, 4) is 12.1 Å². The molecule has 0 radical (unpaired) electrons. The average Bonchev–Trinajstić information content (AvgIpc) is 3.35. The van der Waals surface area contributed by atoms with E-state index in [-0.39, 0.29) is 31.6 Å². The van der Waals surface area contributed by atoms with E-state index >= 15 is 0 Å². The van der Waals surface area contributed by atoms with Crippen molar-refractivity contribution in [3.05, 3.63) is 65.1 Å². The van der Waals surface area contributed by atoms with E-state index < -0.39 is 23.9 Å². The zero-order chi connectivity index (χ0) is 31.0. The Bertz CT molecular complexity index is 1630. The number of nitriles is 1. The maximum Gasteiger partial charge on any atom is 0.318 e. The Morgan fingerprint density at radius 2 is 1.93 bits per heavy atom. The van der Waals surface area contributed by atoms with Crippen LogP contribution in [0, 0.1) is 11.3 Å². The minimum Gasteiger partial charge on any atom is -0.462 e. The van der Waals surface area contributed by atoms with E-state index in [9.17, 15) is 18.8 Å². The van der Waals surface area contributed by atoms with Crippen molar-refractivity contribution in [3.63, 3.8) is 0 Å². The van der Waals surface area contributed by atoms with Gasteiger partial charge in [0.15, 0.2) is 5.83 Å². The Kier molecular flexibility index (Phi) is 8.56. The Morgan fingerprint density at radius 3 is 2.66 bits per heavy atom. The fraction of sp³-hybridized carbons (Fsp3) is 0.438. The Labute approximate surface area is 260 Å². The lowest BCUT2D eigenvalue weighted by atomic mass is 10.0. The number of alkyl halides is 1. The van der Waals surface area contributed by atoms with E-state index in [0.29, 0.717) is 56.4 Å². The normalized spacial score (nSPS) is 22.2. The summed E-state index contributed by atoms with van der Waals surface area (Å²) in [4.78, 5) is 29.8. The molecule has 3 atom stereocenters. The van der Waals surface area contributed by atoms with E-state index in [2.05, 4.69) is 23.6 Å². The van der Waals surface area contributed by atoms with Gasteiger partial charge in [0.2, 0.25) is 0 Å². The highest BCUT2D eigenvalue weighted by Gasteiger charge is 2.35. The summed E-state index contributed by atoms with van der Waals surface area (Å²) in [6.45, 7) is 5.86. The number of benzene rings is 2. The Morgan fingerprint density at radius 1 is 1.14 bits per heavy atom. The fourth-order valence-corrected chi connectivity index (χ4v) is 6.87. The number of likely N-dealkylation sites (tertiary alicyclic amines) is 1. The summed E-state index contributed by atoms with van der Waals surface area (Å²) < 4.78 is 34.0. The van der Waals surface area contributed by atoms with Crippen LogP contribution in [0.2, 0.25) is 5.02 Å². The summed E-state index contributed by atoms with van der Waals surface area (Å²) in [7, 11) is 1.88. The fourth-order valence-electron chi connectivity index (χ4n) is 6.59. The molecular formula is C32H34ClF2N7O2. The number of hydrogen-bond acceptors (Lipinski definition) is 8. The van der Waals surface area contributed by atoms with Crippen LogP contribution in [-0.2, 0) is 17.8 Å². The third-order valence-corrected chi connectivity index (χ3v) is 9.15. The van der Waals surface area contributed by atoms with Gasteiger partial charge in [-0.3, -0.25) is 9.69 Å². The zero-order valence-electron chi connectivity index (χ0n) is 24.6. The molecule has 2 saturated heterocycles. The van der Waals surface area contributed by atoms with Crippen molar-refractivity contribution in [1.29, 1.82) is 5.26 Å². The van der Waals surface area contributed by atoms with Gasteiger partial charge >= 0.3 is 6.01 Å². The predicted octanol–water partition coefficient (Wildman–Crippen LogP) is 4.68. The molecule has 4 heterocycles. The number of fused-ring (bicyclic) bond motifs is 2. The van der Waals surface area contributed by atoms with Gasteiger partial charge in [-0.2, -0.15) is 15.2 Å². The van der Waals surface area contributed by atoms with Gasteiger partial charge in [0.1, 0.15) is 18.6 Å². The smallest absolute Gasteiger partial charge is 0.318 e. The van der Waals surface area contributed by atoms with Gasteiger partial charge in [-0.25, -0.2) is 8.78 Å². The number of aromatic nitrogens is 2. The number of carbonyl (C=O) groups excluding carboxylic acids is 1. The third-order valence-electron chi connectivity index (χ3n) is 8.84. The summed E-state index contributed by atoms with van der Waals surface area (Å²) in [5.74, 6) is -1.16. The summed E-state index contributed by atoms with van der Waals surface area (Å²) in [6, 6.07) is 13.7. The number of amides is 1. The van der Waals surface area contributed by atoms with Crippen molar-refractivity contribution in [2.24, 2.45) is 0 Å². The van der Waals surface area contributed by atoms with Crippen LogP contribution in [0.3, 0.4) is 0 Å². The van der Waals surface area contributed by atoms with Crippen LogP contribution in [0.1, 0.15) is 24.1 Å². The largest absolute Gasteiger partial charge is 0.462 e. The van der Waals surface area contributed by atoms with Crippen molar-refractivity contribution < 1.29 is 18.3 Å². The molecule has 12 heteroatoms. The first-order valence-electron chi connectivity index (χ1n) is 14.8. The number of nitrogens with zero attached hydrogens (tertiary/aromatic N) is 7. The number of hydrogen-bond donors (Lipinski definition) is 0. The first-order valence-corrected chi connectivity index (χ1v) is 15.2. The standard InChI is InChI=1S/C32H34ClF2N7O2/c1-20(34)31(43)42-14-13-41(17-23(42)9-11-36)30-25-10-12-40(28-8-4-6-21-5-3-7-26(33)29(21)28)18-27(25)37-32(38-30)44-19-24-15-22(35)16-39(24)2/h3-8,22-24H,1,9-10,12-19H2,2H3/t22-,23?,24-/m1/s1. The SMILES string of the molecule is C=C(F)C(=O)N1CCN(c2nc(OC[C@H]3C[C@@H](F)CN3C)nc3c2CCN(c2cccc4cccc(Cl)c24)C3)CC1CC#N. The van der Waals surface area contributed by atoms with Crippen molar-refractivity contribution >= 4 is 39.8 Å². The lowest BCUT2D eigenvalue weighted by molar-refractivity contribution is -0.131. The van der Waals surface area contributed by atoms with Crippen LogP contribution >= 0.6 is 11.6 Å². The van der Waals surface area contributed by atoms with Gasteiger partial charge in [-0.15, -0.1) is 0 Å². The molecule has 2 aromatic carbocycles. The number of ether oxygens (including phenoxy) is 1.